The molecule has 1 N–H and O–H groups in total. The molecule has 0 saturated heterocycles. The highest BCUT2D eigenvalue weighted by molar-refractivity contribution is 5.51. The third-order valence-corrected chi connectivity index (χ3v) is 3.57. The van der Waals surface area contributed by atoms with Gasteiger partial charge in [0.05, 0.1) is 0 Å². The molecule has 0 heterocycles. The maximum Gasteiger partial charge on any atom is 0.458 e. The third-order valence-electron chi connectivity index (χ3n) is 3.57. The predicted molar refractivity (Wildman–Crippen MR) is 83.3 cm³/mol. The first-order valence-corrected chi connectivity index (χ1v) is 7.39. The van der Waals surface area contributed by atoms with E-state index < -0.39 is 23.1 Å². The van der Waals surface area contributed by atoms with Gasteiger partial charge in [-0.2, -0.15) is 22.0 Å². The van der Waals surface area contributed by atoms with Crippen LogP contribution < -0.4 is 4.74 Å². The Balaban J connectivity index is 2.46. The summed E-state index contributed by atoms with van der Waals surface area (Å²) in [6.07, 6.45) is -5.71. The maximum absolute atomic E-state index is 13.5. The highest BCUT2D eigenvalue weighted by Crippen LogP contribution is 2.45. The quantitative estimate of drug-likeness (QED) is 0.667. The zero-order valence-electron chi connectivity index (χ0n) is 13.8. The third kappa shape index (κ3) is 3.86. The van der Waals surface area contributed by atoms with Gasteiger partial charge in [-0.1, -0.05) is 45.0 Å². The van der Waals surface area contributed by atoms with Crippen molar-refractivity contribution in [2.75, 3.05) is 0 Å². The number of ether oxygens (including phenoxy) is 1. The van der Waals surface area contributed by atoms with Gasteiger partial charge in [-0.05, 0) is 23.6 Å². The standard InChI is InChI=1S/C18H17F5O2/c1-16(2,3)13-8-5-9-14(24)15(13)25-12-7-4-6-11(10-12)17(19,20)18(21,22)23/h4-10,24H,1-3H3. The monoisotopic (exact) mass is 360 g/mol. The van der Waals surface area contributed by atoms with E-state index in [0.717, 1.165) is 6.07 Å². The molecule has 25 heavy (non-hydrogen) atoms. The summed E-state index contributed by atoms with van der Waals surface area (Å²) in [4.78, 5) is 0. The second kappa shape index (κ2) is 6.20. The Hall–Kier alpha value is -2.31. The van der Waals surface area contributed by atoms with Crippen LogP contribution in [-0.4, -0.2) is 11.3 Å². The van der Waals surface area contributed by atoms with Crippen molar-refractivity contribution in [3.8, 4) is 17.2 Å². The van der Waals surface area contributed by atoms with Crippen LogP contribution in [-0.2, 0) is 11.3 Å². The molecule has 0 bridgehead atoms. The number of phenols is 1. The van der Waals surface area contributed by atoms with Gasteiger partial charge in [0.2, 0.25) is 0 Å². The lowest BCUT2D eigenvalue weighted by Gasteiger charge is -2.24. The van der Waals surface area contributed by atoms with Gasteiger partial charge >= 0.3 is 12.1 Å². The van der Waals surface area contributed by atoms with Crippen molar-refractivity contribution in [2.45, 2.75) is 38.3 Å². The molecule has 0 aromatic heterocycles. The van der Waals surface area contributed by atoms with Crippen molar-refractivity contribution in [1.82, 2.24) is 0 Å². The fourth-order valence-corrected chi connectivity index (χ4v) is 2.26. The first-order valence-electron chi connectivity index (χ1n) is 7.39. The van der Waals surface area contributed by atoms with Crippen LogP contribution in [0.5, 0.6) is 17.2 Å². The van der Waals surface area contributed by atoms with E-state index >= 15 is 0 Å². The number of para-hydroxylation sites is 1. The summed E-state index contributed by atoms with van der Waals surface area (Å²) in [5.74, 6) is -5.45. The number of aromatic hydroxyl groups is 1. The average Bonchev–Trinajstić information content (AvgIpc) is 2.47. The van der Waals surface area contributed by atoms with E-state index in [-0.39, 0.29) is 17.2 Å². The number of rotatable bonds is 3. The molecule has 0 aliphatic carbocycles. The molecular weight excluding hydrogens is 343 g/mol. The molecule has 0 spiro atoms. The molecule has 0 fully saturated rings. The summed E-state index contributed by atoms with van der Waals surface area (Å²) in [7, 11) is 0. The fraction of sp³-hybridized carbons (Fsp3) is 0.333. The molecule has 7 heteroatoms. The highest BCUT2D eigenvalue weighted by atomic mass is 19.4. The van der Waals surface area contributed by atoms with Crippen LogP contribution >= 0.6 is 0 Å². The van der Waals surface area contributed by atoms with Crippen molar-refractivity contribution in [1.29, 1.82) is 0 Å². The van der Waals surface area contributed by atoms with Crippen molar-refractivity contribution in [3.05, 3.63) is 53.6 Å². The van der Waals surface area contributed by atoms with E-state index in [4.69, 9.17) is 4.74 Å². The number of halogens is 5. The van der Waals surface area contributed by atoms with Gasteiger partial charge in [0.25, 0.3) is 0 Å². The van der Waals surface area contributed by atoms with Gasteiger partial charge in [0, 0.05) is 11.1 Å². The lowest BCUT2D eigenvalue weighted by molar-refractivity contribution is -0.289. The van der Waals surface area contributed by atoms with Gasteiger partial charge in [-0.15, -0.1) is 0 Å². The first kappa shape index (κ1) is 19.0. The van der Waals surface area contributed by atoms with Gasteiger partial charge in [0.1, 0.15) is 5.75 Å². The molecule has 0 unspecified atom stereocenters. The summed E-state index contributed by atoms with van der Waals surface area (Å²) >= 11 is 0. The highest BCUT2D eigenvalue weighted by Gasteiger charge is 2.58. The Kier molecular flexibility index (Phi) is 4.72. The minimum absolute atomic E-state index is 0.0162. The minimum Gasteiger partial charge on any atom is -0.504 e. The van der Waals surface area contributed by atoms with Gasteiger partial charge < -0.3 is 9.84 Å². The molecule has 2 rings (SSSR count). The van der Waals surface area contributed by atoms with E-state index in [0.29, 0.717) is 17.7 Å². The number of alkyl halides is 5. The first-order chi connectivity index (χ1) is 11.3. The maximum atomic E-state index is 13.5. The molecule has 2 nitrogen and oxygen atoms in total. The Morgan fingerprint density at radius 3 is 2.04 bits per heavy atom. The van der Waals surface area contributed by atoms with Crippen LogP contribution in [0.2, 0.25) is 0 Å². The molecule has 2 aromatic carbocycles. The van der Waals surface area contributed by atoms with Crippen molar-refractivity contribution in [3.63, 3.8) is 0 Å². The van der Waals surface area contributed by atoms with Crippen LogP contribution in [0.4, 0.5) is 22.0 Å². The lowest BCUT2D eigenvalue weighted by atomic mass is 9.86. The number of phenolic OH excluding ortho intramolecular Hbond substituents is 1. The average molecular weight is 360 g/mol. The Morgan fingerprint density at radius 2 is 1.48 bits per heavy atom. The molecule has 0 saturated carbocycles. The second-order valence-corrected chi connectivity index (χ2v) is 6.61. The fourth-order valence-electron chi connectivity index (χ4n) is 2.26. The SMILES string of the molecule is CC(C)(C)c1cccc(O)c1Oc1cccc(C(F)(F)C(F)(F)F)c1. The van der Waals surface area contributed by atoms with E-state index in [2.05, 4.69) is 0 Å². The Morgan fingerprint density at radius 1 is 0.880 bits per heavy atom. The van der Waals surface area contributed by atoms with Crippen LogP contribution in [0, 0.1) is 0 Å². The summed E-state index contributed by atoms with van der Waals surface area (Å²) < 4.78 is 70.1. The zero-order valence-corrected chi connectivity index (χ0v) is 13.8. The molecule has 2 aromatic rings. The van der Waals surface area contributed by atoms with Gasteiger partial charge in [0.15, 0.2) is 11.5 Å². The number of hydrogen-bond donors (Lipinski definition) is 1. The van der Waals surface area contributed by atoms with E-state index in [9.17, 15) is 27.1 Å². The predicted octanol–water partition coefficient (Wildman–Crippen LogP) is 6.14. The normalized spacial score (nSPS) is 13.0. The Labute approximate surface area is 141 Å². The molecular formula is C18H17F5O2. The van der Waals surface area contributed by atoms with Crippen LogP contribution in [0.1, 0.15) is 31.9 Å². The molecule has 0 radical (unpaired) electrons. The largest absolute Gasteiger partial charge is 0.504 e. The van der Waals surface area contributed by atoms with Gasteiger partial charge in [-0.25, -0.2) is 0 Å². The molecule has 0 amide bonds. The van der Waals surface area contributed by atoms with E-state index in [1.54, 1.807) is 12.1 Å². The zero-order chi connectivity index (χ0) is 19.0. The van der Waals surface area contributed by atoms with E-state index in [1.807, 2.05) is 20.8 Å². The molecule has 0 aliphatic heterocycles. The summed E-state index contributed by atoms with van der Waals surface area (Å²) in [5, 5.41) is 10.0. The van der Waals surface area contributed by atoms with Crippen LogP contribution in [0.3, 0.4) is 0 Å². The van der Waals surface area contributed by atoms with Crippen molar-refractivity contribution in [2.24, 2.45) is 0 Å². The molecule has 0 aliphatic rings. The summed E-state index contributed by atoms with van der Waals surface area (Å²) in [5.41, 5.74) is -1.09. The number of hydrogen-bond acceptors (Lipinski definition) is 2. The number of benzene rings is 2. The summed E-state index contributed by atoms with van der Waals surface area (Å²) in [6, 6.07) is 8.21. The molecule has 136 valence electrons. The van der Waals surface area contributed by atoms with Crippen LogP contribution in [0.25, 0.3) is 0 Å². The second-order valence-electron chi connectivity index (χ2n) is 6.61. The van der Waals surface area contributed by atoms with Crippen molar-refractivity contribution >= 4 is 0 Å². The lowest BCUT2D eigenvalue weighted by Crippen LogP contribution is -2.33. The topological polar surface area (TPSA) is 29.5 Å². The molecule has 0 atom stereocenters. The van der Waals surface area contributed by atoms with Crippen molar-refractivity contribution < 1.29 is 31.8 Å². The minimum atomic E-state index is -5.71. The summed E-state index contributed by atoms with van der Waals surface area (Å²) in [6.45, 7) is 5.55. The smallest absolute Gasteiger partial charge is 0.458 e. The van der Waals surface area contributed by atoms with Crippen LogP contribution in [0.15, 0.2) is 42.5 Å². The Bertz CT molecular complexity index is 761. The van der Waals surface area contributed by atoms with Gasteiger partial charge in [-0.3, -0.25) is 0 Å². The van der Waals surface area contributed by atoms with E-state index in [1.165, 1.54) is 12.1 Å².